The Balaban J connectivity index is 0.00000193. The zero-order chi connectivity index (χ0) is 36.1. The number of carbonyl (C=O) groups is 4. The lowest BCUT2D eigenvalue weighted by Crippen LogP contribution is -2.51. The van der Waals surface area contributed by atoms with E-state index < -0.39 is 46.5 Å². The molecule has 0 saturated heterocycles. The molecule has 2 aliphatic rings. The quantitative estimate of drug-likeness (QED) is 0.0526. The maximum atomic E-state index is 13.3. The second-order valence-electron chi connectivity index (χ2n) is 12.0. The number of hydrogen-bond acceptors (Lipinski definition) is 10. The lowest BCUT2D eigenvalue weighted by atomic mass is 9.71. The number of Topliss-reactive ketones (excluding diaryl/α,β-unsaturated/α-hetero) is 2. The van der Waals surface area contributed by atoms with Crippen LogP contribution in [0.4, 0.5) is 0 Å². The fourth-order valence-electron chi connectivity index (χ4n) is 6.08. The molecule has 2 aromatic rings. The molecule has 48 heavy (non-hydrogen) atoms. The molecule has 0 bridgehead atoms. The molecule has 0 radical (unpaired) electrons. The molecule has 0 aliphatic heterocycles. The van der Waals surface area contributed by atoms with E-state index in [0.29, 0.717) is 36.8 Å². The second kappa shape index (κ2) is 18.2. The van der Waals surface area contributed by atoms with E-state index >= 15 is 0 Å². The average molecular weight is 665 g/mol. The topological polar surface area (TPSA) is 146 Å². The number of ketones is 2. The van der Waals surface area contributed by atoms with E-state index in [1.165, 1.54) is 0 Å². The molecular formula is C38H48O10. The highest BCUT2D eigenvalue weighted by Gasteiger charge is 2.51. The second-order valence-corrected chi connectivity index (χ2v) is 12.0. The summed E-state index contributed by atoms with van der Waals surface area (Å²) in [6, 6.07) is 10.2. The molecule has 2 saturated carbocycles. The molecule has 10 heteroatoms. The van der Waals surface area contributed by atoms with Crippen molar-refractivity contribution in [2.75, 3.05) is 0 Å². The fraction of sp³-hybridized carbons (Fsp3) is 0.421. The Hall–Kier alpha value is -4.38. The molecule has 2 aromatic carbocycles. The number of rotatable bonds is 10. The van der Waals surface area contributed by atoms with Gasteiger partial charge in [-0.1, -0.05) is 49.9 Å². The lowest BCUT2D eigenvalue weighted by Gasteiger charge is -2.36. The van der Waals surface area contributed by atoms with Crippen LogP contribution in [0.3, 0.4) is 0 Å². The first kappa shape index (κ1) is 39.8. The molecule has 2 fully saturated rings. The normalized spacial score (nSPS) is 23.4. The minimum Gasteiger partial charge on any atom is -0.431 e. The first-order valence-corrected chi connectivity index (χ1v) is 16.0. The predicted molar refractivity (Wildman–Crippen MR) is 180 cm³/mol. The predicted octanol–water partition coefficient (Wildman–Crippen LogP) is 6.85. The monoisotopic (exact) mass is 664 g/mol. The van der Waals surface area contributed by atoms with Crippen LogP contribution in [0.1, 0.15) is 94.3 Å². The highest BCUT2D eigenvalue weighted by molar-refractivity contribution is 6.05. The van der Waals surface area contributed by atoms with E-state index in [9.17, 15) is 29.4 Å². The summed E-state index contributed by atoms with van der Waals surface area (Å²) in [6.45, 7) is 19.6. The van der Waals surface area contributed by atoms with Crippen molar-refractivity contribution in [3.8, 4) is 0 Å². The third-order valence-electron chi connectivity index (χ3n) is 9.10. The molecule has 0 heterocycles. The van der Waals surface area contributed by atoms with Gasteiger partial charge in [0.25, 0.3) is 0 Å². The highest BCUT2D eigenvalue weighted by Crippen LogP contribution is 2.39. The summed E-state index contributed by atoms with van der Waals surface area (Å²) in [7, 11) is 0. The van der Waals surface area contributed by atoms with Crippen molar-refractivity contribution in [3.05, 3.63) is 109 Å². The molecule has 4 rings (SSSR count). The van der Waals surface area contributed by atoms with Crippen molar-refractivity contribution in [2.45, 2.75) is 90.3 Å². The van der Waals surface area contributed by atoms with Gasteiger partial charge >= 0.3 is 11.9 Å². The molecule has 0 amide bonds. The van der Waals surface area contributed by atoms with E-state index in [1.54, 1.807) is 36.4 Å². The van der Waals surface area contributed by atoms with Crippen LogP contribution in [0.25, 0.3) is 0 Å². The standard InChI is InChI=1S/C34H40O10.2C2H4/c1-21-11-13-25(19-23(21)3)29(35)33(39)15-7-5-9-27(33)31(37)41-17-18-42-44-43-32(38)28-10-6-8-16-34(28,40)30(36)26-14-12-22(2)24(4)20-26;2*1-2/h11-14,17-20,27-28,39-40H,5-10,15-16H2,1-4H3;2*1-2H2/b18-17+;;. The van der Waals surface area contributed by atoms with Gasteiger partial charge in [-0.15, -0.1) is 26.3 Å². The van der Waals surface area contributed by atoms with Crippen LogP contribution in [-0.4, -0.2) is 44.9 Å². The van der Waals surface area contributed by atoms with Crippen molar-refractivity contribution in [3.63, 3.8) is 0 Å². The molecule has 2 N–H and O–H groups in total. The molecule has 0 spiro atoms. The summed E-state index contributed by atoms with van der Waals surface area (Å²) in [5.41, 5.74) is 0.545. The summed E-state index contributed by atoms with van der Waals surface area (Å²) in [5.74, 6) is -5.16. The maximum absolute atomic E-state index is 13.3. The van der Waals surface area contributed by atoms with Gasteiger partial charge in [-0.3, -0.25) is 19.3 Å². The maximum Gasteiger partial charge on any atom is 0.353 e. The Labute approximate surface area is 282 Å². The number of ether oxygens (including phenoxy) is 1. The molecule has 260 valence electrons. The van der Waals surface area contributed by atoms with Crippen molar-refractivity contribution in [1.82, 2.24) is 0 Å². The Bertz CT molecular complexity index is 1480. The number of carbonyl (C=O) groups excluding carboxylic acids is 4. The Morgan fingerprint density at radius 3 is 1.54 bits per heavy atom. The smallest absolute Gasteiger partial charge is 0.353 e. The number of aliphatic hydroxyl groups is 2. The van der Waals surface area contributed by atoms with Gasteiger partial charge in [0.1, 0.15) is 17.5 Å². The van der Waals surface area contributed by atoms with Gasteiger partial charge in [0.15, 0.2) is 17.8 Å². The zero-order valence-electron chi connectivity index (χ0n) is 28.4. The molecule has 0 aromatic heterocycles. The number of esters is 1. The number of hydrogen-bond donors (Lipinski definition) is 2. The van der Waals surface area contributed by atoms with E-state index in [4.69, 9.17) is 9.62 Å². The number of aryl methyl sites for hydroxylation is 4. The van der Waals surface area contributed by atoms with Gasteiger partial charge in [0.05, 0.1) is 11.8 Å². The van der Waals surface area contributed by atoms with Crippen LogP contribution in [0, 0.1) is 39.5 Å². The van der Waals surface area contributed by atoms with Crippen molar-refractivity contribution in [1.29, 1.82) is 0 Å². The summed E-state index contributed by atoms with van der Waals surface area (Å²) in [6.07, 6.45) is 4.73. The van der Waals surface area contributed by atoms with E-state index in [2.05, 4.69) is 36.2 Å². The summed E-state index contributed by atoms with van der Waals surface area (Å²) in [5, 5.41) is 27.2. The van der Waals surface area contributed by atoms with Gasteiger partial charge in [-0.2, -0.15) is 0 Å². The summed E-state index contributed by atoms with van der Waals surface area (Å²) >= 11 is 0. The first-order chi connectivity index (χ1) is 22.9. The van der Waals surface area contributed by atoms with Crippen LogP contribution in [0.5, 0.6) is 0 Å². The molecule has 4 atom stereocenters. The molecule has 4 unspecified atom stereocenters. The Kier molecular flexibility index (Phi) is 15.1. The third kappa shape index (κ3) is 9.15. The van der Waals surface area contributed by atoms with E-state index in [1.807, 2.05) is 27.7 Å². The van der Waals surface area contributed by atoms with Crippen molar-refractivity contribution in [2.24, 2.45) is 11.8 Å². The Morgan fingerprint density at radius 1 is 0.667 bits per heavy atom. The molecular weight excluding hydrogens is 616 g/mol. The summed E-state index contributed by atoms with van der Waals surface area (Å²) in [4.78, 5) is 61.6. The van der Waals surface area contributed by atoms with Gasteiger partial charge in [0, 0.05) is 16.2 Å². The van der Waals surface area contributed by atoms with Crippen molar-refractivity contribution < 1.29 is 48.9 Å². The molecule has 10 nitrogen and oxygen atoms in total. The lowest BCUT2D eigenvalue weighted by molar-refractivity contribution is -0.464. The average Bonchev–Trinajstić information content (AvgIpc) is 3.10. The van der Waals surface area contributed by atoms with Gasteiger partial charge in [-0.05, 0) is 87.8 Å². The minimum atomic E-state index is -1.96. The van der Waals surface area contributed by atoms with Gasteiger partial charge in [-0.25, -0.2) is 4.79 Å². The van der Waals surface area contributed by atoms with Gasteiger partial charge < -0.3 is 19.8 Å². The highest BCUT2D eigenvalue weighted by atomic mass is 17.5. The van der Waals surface area contributed by atoms with Crippen LogP contribution in [-0.2, 0) is 29.1 Å². The van der Waals surface area contributed by atoms with Crippen LogP contribution < -0.4 is 0 Å². The fourth-order valence-corrected chi connectivity index (χ4v) is 6.08. The zero-order valence-corrected chi connectivity index (χ0v) is 28.4. The van der Waals surface area contributed by atoms with E-state index in [-0.39, 0.29) is 25.7 Å². The van der Waals surface area contributed by atoms with Crippen LogP contribution in [0.2, 0.25) is 0 Å². The summed E-state index contributed by atoms with van der Waals surface area (Å²) < 4.78 is 5.10. The SMILES string of the molecule is C=C.C=C.Cc1ccc(C(=O)C2(O)CCCCC2C(=O)O/C=C/OOOC(=O)C2CCCCC2(O)C(=O)c2ccc(C)c(C)c2)cc1C. The largest absolute Gasteiger partial charge is 0.431 e. The van der Waals surface area contributed by atoms with Crippen LogP contribution >= 0.6 is 0 Å². The van der Waals surface area contributed by atoms with Crippen LogP contribution in [0.15, 0.2) is 75.2 Å². The van der Waals surface area contributed by atoms with Gasteiger partial charge in [0.2, 0.25) is 0 Å². The minimum absolute atomic E-state index is 0.0920. The Morgan fingerprint density at radius 2 is 1.10 bits per heavy atom. The van der Waals surface area contributed by atoms with E-state index in [0.717, 1.165) is 34.8 Å². The number of benzene rings is 2. The van der Waals surface area contributed by atoms with Crippen molar-refractivity contribution >= 4 is 23.5 Å². The first-order valence-electron chi connectivity index (χ1n) is 16.0. The molecule has 2 aliphatic carbocycles. The third-order valence-corrected chi connectivity index (χ3v) is 9.10.